The molecule has 2 rings (SSSR count). The fourth-order valence-electron chi connectivity index (χ4n) is 2.15. The van der Waals surface area contributed by atoms with Crippen molar-refractivity contribution in [3.05, 3.63) is 47.3 Å². The molecule has 3 N–H and O–H groups in total. The summed E-state index contributed by atoms with van der Waals surface area (Å²) < 4.78 is 0. The van der Waals surface area contributed by atoms with Crippen molar-refractivity contribution < 1.29 is 4.79 Å². The molecule has 1 heterocycles. The van der Waals surface area contributed by atoms with E-state index in [2.05, 4.69) is 27.8 Å². The molecule has 0 bridgehead atoms. The number of H-pyrrole nitrogens is 1. The van der Waals surface area contributed by atoms with Gasteiger partial charge in [-0.3, -0.25) is 9.89 Å². The van der Waals surface area contributed by atoms with Crippen molar-refractivity contribution in [1.82, 2.24) is 15.5 Å². The summed E-state index contributed by atoms with van der Waals surface area (Å²) in [5.74, 6) is -0.0664. The average Bonchev–Trinajstić information content (AvgIpc) is 2.99. The van der Waals surface area contributed by atoms with Crippen LogP contribution in [-0.4, -0.2) is 22.6 Å². The Balaban J connectivity index is 2.05. The smallest absolute Gasteiger partial charge is 0.252 e. The molecule has 21 heavy (non-hydrogen) atoms. The monoisotopic (exact) mass is 286 g/mol. The zero-order valence-corrected chi connectivity index (χ0v) is 12.7. The van der Waals surface area contributed by atoms with Crippen LogP contribution in [0.2, 0.25) is 0 Å². The number of aromatic amines is 1. The topological polar surface area (TPSA) is 69.8 Å². The molecule has 1 amide bonds. The molecule has 1 unspecified atom stereocenters. The number of carbonyl (C=O) groups excluding carboxylic acids is 1. The lowest BCUT2D eigenvalue weighted by Crippen LogP contribution is -2.27. The third-order valence-electron chi connectivity index (χ3n) is 3.42. The highest BCUT2D eigenvalue weighted by molar-refractivity contribution is 5.96. The summed E-state index contributed by atoms with van der Waals surface area (Å²) in [4.78, 5) is 12.3. The molecule has 0 radical (unpaired) electrons. The first-order chi connectivity index (χ1) is 10.1. The maximum atomic E-state index is 12.3. The van der Waals surface area contributed by atoms with Gasteiger partial charge in [0, 0.05) is 29.6 Å². The van der Waals surface area contributed by atoms with E-state index < -0.39 is 0 Å². The van der Waals surface area contributed by atoms with Gasteiger partial charge < -0.3 is 10.6 Å². The van der Waals surface area contributed by atoms with Gasteiger partial charge >= 0.3 is 0 Å². The number of hydrogen-bond acceptors (Lipinski definition) is 3. The van der Waals surface area contributed by atoms with Gasteiger partial charge in [0.05, 0.1) is 12.2 Å². The van der Waals surface area contributed by atoms with Crippen LogP contribution in [0.4, 0.5) is 5.69 Å². The minimum absolute atomic E-state index is 0.0664. The molecule has 0 fully saturated rings. The predicted octanol–water partition coefficient (Wildman–Crippen LogP) is 3.03. The second-order valence-electron chi connectivity index (χ2n) is 5.18. The fraction of sp³-hybridized carbons (Fsp3) is 0.375. The molecule has 1 aromatic heterocycles. The Kier molecular flexibility index (Phi) is 4.98. The molecule has 5 heteroatoms. The van der Waals surface area contributed by atoms with Gasteiger partial charge in [-0.15, -0.1) is 0 Å². The molecule has 0 spiro atoms. The van der Waals surface area contributed by atoms with Crippen LogP contribution in [0.15, 0.2) is 30.6 Å². The highest BCUT2D eigenvalue weighted by Crippen LogP contribution is 2.17. The highest BCUT2D eigenvalue weighted by atomic mass is 16.1. The third kappa shape index (κ3) is 3.84. The Morgan fingerprint density at radius 3 is 2.86 bits per heavy atom. The van der Waals surface area contributed by atoms with Crippen LogP contribution in [0.5, 0.6) is 0 Å². The van der Waals surface area contributed by atoms with E-state index in [-0.39, 0.29) is 11.9 Å². The van der Waals surface area contributed by atoms with E-state index >= 15 is 0 Å². The van der Waals surface area contributed by atoms with Crippen molar-refractivity contribution in [1.29, 1.82) is 0 Å². The lowest BCUT2D eigenvalue weighted by atomic mass is 10.1. The summed E-state index contributed by atoms with van der Waals surface area (Å²) in [6.45, 7) is 6.95. The van der Waals surface area contributed by atoms with Gasteiger partial charge in [0.15, 0.2) is 0 Å². The zero-order valence-electron chi connectivity index (χ0n) is 12.7. The lowest BCUT2D eigenvalue weighted by Gasteiger charge is -2.14. The Bertz CT molecular complexity index is 592. The molecule has 0 saturated carbocycles. The van der Waals surface area contributed by atoms with Crippen LogP contribution in [0.1, 0.15) is 47.8 Å². The van der Waals surface area contributed by atoms with Gasteiger partial charge in [0.2, 0.25) is 0 Å². The van der Waals surface area contributed by atoms with E-state index in [4.69, 9.17) is 0 Å². The molecule has 0 aliphatic carbocycles. The van der Waals surface area contributed by atoms with Gasteiger partial charge in [-0.2, -0.15) is 5.10 Å². The summed E-state index contributed by atoms with van der Waals surface area (Å²) >= 11 is 0. The van der Waals surface area contributed by atoms with E-state index in [0.29, 0.717) is 5.56 Å². The molecule has 5 nitrogen and oxygen atoms in total. The van der Waals surface area contributed by atoms with Crippen LogP contribution in [0.3, 0.4) is 0 Å². The second-order valence-corrected chi connectivity index (χ2v) is 5.18. The summed E-state index contributed by atoms with van der Waals surface area (Å²) in [6, 6.07) is 5.74. The number of nitrogens with zero attached hydrogens (tertiary/aromatic N) is 1. The van der Waals surface area contributed by atoms with Crippen LogP contribution in [0, 0.1) is 6.92 Å². The number of benzene rings is 1. The van der Waals surface area contributed by atoms with Gasteiger partial charge in [-0.05, 0) is 44.0 Å². The van der Waals surface area contributed by atoms with Crippen LogP contribution in [-0.2, 0) is 0 Å². The van der Waals surface area contributed by atoms with Crippen LogP contribution < -0.4 is 10.6 Å². The number of carbonyl (C=O) groups is 1. The van der Waals surface area contributed by atoms with Crippen molar-refractivity contribution >= 4 is 11.6 Å². The quantitative estimate of drug-likeness (QED) is 0.764. The van der Waals surface area contributed by atoms with E-state index in [9.17, 15) is 4.79 Å². The maximum Gasteiger partial charge on any atom is 0.252 e. The summed E-state index contributed by atoms with van der Waals surface area (Å²) in [6.07, 6.45) is 4.58. The standard InChI is InChI=1S/C16H22N4O/c1-4-7-17-14-5-6-15(11(2)8-14)16(21)20-12(3)13-9-18-19-10-13/h5-6,8-10,12,17H,4,7H2,1-3H3,(H,18,19)(H,20,21). The SMILES string of the molecule is CCCNc1ccc(C(=O)NC(C)c2cn[nH]c2)c(C)c1. The number of aryl methyl sites for hydroxylation is 1. The summed E-state index contributed by atoms with van der Waals surface area (Å²) in [5, 5.41) is 13.0. The van der Waals surface area contributed by atoms with Crippen LogP contribution in [0.25, 0.3) is 0 Å². The number of amides is 1. The van der Waals surface area contributed by atoms with Crippen molar-refractivity contribution in [2.24, 2.45) is 0 Å². The van der Waals surface area contributed by atoms with Crippen molar-refractivity contribution in [2.75, 3.05) is 11.9 Å². The first-order valence-electron chi connectivity index (χ1n) is 7.26. The molecule has 0 aliphatic rings. The maximum absolute atomic E-state index is 12.3. The summed E-state index contributed by atoms with van der Waals surface area (Å²) in [5.41, 5.74) is 3.68. The number of nitrogens with one attached hydrogen (secondary N) is 3. The molecular weight excluding hydrogens is 264 g/mol. The predicted molar refractivity (Wildman–Crippen MR) is 84.4 cm³/mol. The number of anilines is 1. The van der Waals surface area contributed by atoms with E-state index in [1.54, 1.807) is 12.4 Å². The molecule has 112 valence electrons. The first-order valence-corrected chi connectivity index (χ1v) is 7.26. The molecule has 1 aromatic carbocycles. The minimum Gasteiger partial charge on any atom is -0.385 e. The van der Waals surface area contributed by atoms with Crippen LogP contribution >= 0.6 is 0 Å². The van der Waals surface area contributed by atoms with Crippen molar-refractivity contribution in [3.8, 4) is 0 Å². The largest absolute Gasteiger partial charge is 0.385 e. The average molecular weight is 286 g/mol. The van der Waals surface area contributed by atoms with E-state index in [1.165, 1.54) is 0 Å². The van der Waals surface area contributed by atoms with Gasteiger partial charge in [0.25, 0.3) is 5.91 Å². The Labute approximate surface area is 125 Å². The Morgan fingerprint density at radius 1 is 1.43 bits per heavy atom. The van der Waals surface area contributed by atoms with Crippen molar-refractivity contribution in [3.63, 3.8) is 0 Å². The van der Waals surface area contributed by atoms with E-state index in [1.807, 2.05) is 32.0 Å². The number of rotatable bonds is 6. The van der Waals surface area contributed by atoms with Gasteiger partial charge in [-0.1, -0.05) is 6.92 Å². The zero-order chi connectivity index (χ0) is 15.2. The molecule has 1 atom stereocenters. The number of aromatic nitrogens is 2. The Morgan fingerprint density at radius 2 is 2.24 bits per heavy atom. The van der Waals surface area contributed by atoms with Crippen molar-refractivity contribution in [2.45, 2.75) is 33.2 Å². The molecule has 0 saturated heterocycles. The normalized spacial score (nSPS) is 12.0. The second kappa shape index (κ2) is 6.92. The fourth-order valence-corrected chi connectivity index (χ4v) is 2.15. The highest BCUT2D eigenvalue weighted by Gasteiger charge is 2.14. The summed E-state index contributed by atoms with van der Waals surface area (Å²) in [7, 11) is 0. The Hall–Kier alpha value is -2.30. The molecule has 0 aliphatic heterocycles. The van der Waals surface area contributed by atoms with E-state index in [0.717, 1.165) is 29.8 Å². The third-order valence-corrected chi connectivity index (χ3v) is 3.42. The van der Waals surface area contributed by atoms with Gasteiger partial charge in [0.1, 0.15) is 0 Å². The molecule has 2 aromatic rings. The molecular formula is C16H22N4O. The first kappa shape index (κ1) is 15.1. The lowest BCUT2D eigenvalue weighted by molar-refractivity contribution is 0.0939. The van der Waals surface area contributed by atoms with Gasteiger partial charge in [-0.25, -0.2) is 0 Å². The number of hydrogen-bond donors (Lipinski definition) is 3. The minimum atomic E-state index is -0.0754.